The highest BCUT2D eigenvalue weighted by atomic mass is 16.5. The number of rotatable bonds is 5. The highest BCUT2D eigenvalue weighted by Gasteiger charge is 1.98. The van der Waals surface area contributed by atoms with Crippen molar-refractivity contribution in [3.05, 3.63) is 23.4 Å². The minimum atomic E-state index is 0.539. The third kappa shape index (κ3) is 2.97. The fourth-order valence-corrected chi connectivity index (χ4v) is 1.19. The first kappa shape index (κ1) is 10.9. The molecule has 0 saturated heterocycles. The molecule has 0 aliphatic carbocycles. The zero-order valence-corrected chi connectivity index (χ0v) is 8.71. The number of aromatic nitrogens is 1. The number of methoxy groups -OCH3 is 1. The van der Waals surface area contributed by atoms with Crippen LogP contribution in [0.4, 0.5) is 5.82 Å². The third-order valence-corrected chi connectivity index (χ3v) is 2.03. The first-order chi connectivity index (χ1) is 6.77. The molecule has 3 N–H and O–H groups in total. The number of anilines is 1. The molecule has 1 aromatic rings. The van der Waals surface area contributed by atoms with Crippen LogP contribution in [0.15, 0.2) is 12.1 Å². The predicted molar refractivity (Wildman–Crippen MR) is 57.2 cm³/mol. The number of nitrogens with one attached hydrogen (secondary N) is 1. The van der Waals surface area contributed by atoms with E-state index in [2.05, 4.69) is 10.3 Å². The Morgan fingerprint density at radius 2 is 2.29 bits per heavy atom. The van der Waals surface area contributed by atoms with E-state index in [1.807, 2.05) is 19.1 Å². The van der Waals surface area contributed by atoms with Gasteiger partial charge in [0.25, 0.3) is 0 Å². The van der Waals surface area contributed by atoms with Crippen molar-refractivity contribution < 1.29 is 4.74 Å². The summed E-state index contributed by atoms with van der Waals surface area (Å²) in [5.74, 6) is 0.872. The molecule has 0 aliphatic rings. The van der Waals surface area contributed by atoms with E-state index in [4.69, 9.17) is 10.5 Å². The van der Waals surface area contributed by atoms with Crippen LogP contribution in [-0.4, -0.2) is 25.2 Å². The monoisotopic (exact) mass is 195 g/mol. The van der Waals surface area contributed by atoms with Gasteiger partial charge in [-0.2, -0.15) is 0 Å². The van der Waals surface area contributed by atoms with Crippen LogP contribution in [0.3, 0.4) is 0 Å². The third-order valence-electron chi connectivity index (χ3n) is 2.03. The maximum absolute atomic E-state index is 5.54. The SMILES string of the molecule is COCCNc1ccc(CN)c(C)n1. The molecule has 0 amide bonds. The second kappa shape index (κ2) is 5.57. The van der Waals surface area contributed by atoms with Gasteiger partial charge in [0.15, 0.2) is 0 Å². The van der Waals surface area contributed by atoms with Gasteiger partial charge in [-0.05, 0) is 18.6 Å². The Bertz CT molecular complexity index is 289. The van der Waals surface area contributed by atoms with Crippen LogP contribution in [0.1, 0.15) is 11.3 Å². The van der Waals surface area contributed by atoms with E-state index in [9.17, 15) is 0 Å². The average Bonchev–Trinajstić information content (AvgIpc) is 2.18. The standard InChI is InChI=1S/C10H17N3O/c1-8-9(7-11)3-4-10(13-8)12-5-6-14-2/h3-4H,5-7,11H2,1-2H3,(H,12,13). The predicted octanol–water partition coefficient (Wildman–Crippen LogP) is 0.907. The summed E-state index contributed by atoms with van der Waals surface area (Å²) < 4.78 is 4.93. The van der Waals surface area contributed by atoms with Crippen molar-refractivity contribution in [3.63, 3.8) is 0 Å². The zero-order valence-electron chi connectivity index (χ0n) is 8.71. The fourth-order valence-electron chi connectivity index (χ4n) is 1.19. The van der Waals surface area contributed by atoms with Gasteiger partial charge in [0.2, 0.25) is 0 Å². The number of ether oxygens (including phenoxy) is 1. The summed E-state index contributed by atoms with van der Waals surface area (Å²) >= 11 is 0. The van der Waals surface area contributed by atoms with Crippen molar-refractivity contribution in [2.45, 2.75) is 13.5 Å². The number of aryl methyl sites for hydroxylation is 1. The lowest BCUT2D eigenvalue weighted by molar-refractivity contribution is 0.210. The maximum Gasteiger partial charge on any atom is 0.126 e. The molecule has 14 heavy (non-hydrogen) atoms. The summed E-state index contributed by atoms with van der Waals surface area (Å²) in [5, 5.41) is 3.16. The van der Waals surface area contributed by atoms with Crippen molar-refractivity contribution in [2.75, 3.05) is 25.6 Å². The van der Waals surface area contributed by atoms with E-state index in [-0.39, 0.29) is 0 Å². The maximum atomic E-state index is 5.54. The lowest BCUT2D eigenvalue weighted by Crippen LogP contribution is -2.10. The fraction of sp³-hybridized carbons (Fsp3) is 0.500. The van der Waals surface area contributed by atoms with Gasteiger partial charge in [-0.3, -0.25) is 0 Å². The molecule has 4 nitrogen and oxygen atoms in total. The molecule has 1 rings (SSSR count). The molecule has 0 radical (unpaired) electrons. The van der Waals surface area contributed by atoms with Crippen LogP contribution in [-0.2, 0) is 11.3 Å². The number of pyridine rings is 1. The summed E-state index contributed by atoms with van der Waals surface area (Å²) in [5.41, 5.74) is 7.61. The average molecular weight is 195 g/mol. The molecule has 0 aliphatic heterocycles. The number of nitrogens with zero attached hydrogens (tertiary/aromatic N) is 1. The second-order valence-electron chi connectivity index (χ2n) is 3.06. The van der Waals surface area contributed by atoms with E-state index in [1.54, 1.807) is 7.11 Å². The van der Waals surface area contributed by atoms with E-state index < -0.39 is 0 Å². The van der Waals surface area contributed by atoms with Gasteiger partial charge in [0.1, 0.15) is 5.82 Å². The van der Waals surface area contributed by atoms with Crippen molar-refractivity contribution in [1.29, 1.82) is 0 Å². The molecule has 0 atom stereocenters. The Kier molecular flexibility index (Phi) is 4.35. The molecular formula is C10H17N3O. The van der Waals surface area contributed by atoms with Gasteiger partial charge in [-0.1, -0.05) is 6.07 Å². The van der Waals surface area contributed by atoms with Gasteiger partial charge < -0.3 is 15.8 Å². The topological polar surface area (TPSA) is 60.2 Å². The largest absolute Gasteiger partial charge is 0.383 e. The summed E-state index contributed by atoms with van der Waals surface area (Å²) in [6.45, 7) is 3.95. The summed E-state index contributed by atoms with van der Waals surface area (Å²) in [6, 6.07) is 3.93. The van der Waals surface area contributed by atoms with E-state index in [0.29, 0.717) is 13.2 Å². The molecular weight excluding hydrogens is 178 g/mol. The van der Waals surface area contributed by atoms with Gasteiger partial charge in [0, 0.05) is 25.9 Å². The molecule has 78 valence electrons. The summed E-state index contributed by atoms with van der Waals surface area (Å²) in [7, 11) is 1.68. The number of nitrogens with two attached hydrogens (primary N) is 1. The van der Waals surface area contributed by atoms with Crippen molar-refractivity contribution >= 4 is 5.82 Å². The smallest absolute Gasteiger partial charge is 0.126 e. The Balaban J connectivity index is 2.57. The minimum absolute atomic E-state index is 0.539. The van der Waals surface area contributed by atoms with Gasteiger partial charge in [-0.25, -0.2) is 4.98 Å². The zero-order chi connectivity index (χ0) is 10.4. The summed E-state index contributed by atoms with van der Waals surface area (Å²) in [4.78, 5) is 4.37. The lowest BCUT2D eigenvalue weighted by atomic mass is 10.2. The van der Waals surface area contributed by atoms with Crippen LogP contribution >= 0.6 is 0 Å². The molecule has 0 saturated carbocycles. The minimum Gasteiger partial charge on any atom is -0.383 e. The molecule has 0 unspecified atom stereocenters. The number of hydrogen-bond acceptors (Lipinski definition) is 4. The molecule has 1 aromatic heterocycles. The molecule has 0 aromatic carbocycles. The second-order valence-corrected chi connectivity index (χ2v) is 3.06. The Morgan fingerprint density at radius 3 is 2.86 bits per heavy atom. The molecule has 0 spiro atoms. The van der Waals surface area contributed by atoms with Gasteiger partial charge in [-0.15, -0.1) is 0 Å². The number of hydrogen-bond donors (Lipinski definition) is 2. The Hall–Kier alpha value is -1.13. The Morgan fingerprint density at radius 1 is 1.50 bits per heavy atom. The normalized spacial score (nSPS) is 10.2. The molecule has 0 bridgehead atoms. The van der Waals surface area contributed by atoms with Crippen molar-refractivity contribution in [3.8, 4) is 0 Å². The van der Waals surface area contributed by atoms with Crippen molar-refractivity contribution in [1.82, 2.24) is 4.98 Å². The highest BCUT2D eigenvalue weighted by Crippen LogP contribution is 2.09. The van der Waals surface area contributed by atoms with Crippen LogP contribution in [0.25, 0.3) is 0 Å². The van der Waals surface area contributed by atoms with E-state index >= 15 is 0 Å². The van der Waals surface area contributed by atoms with Crippen LogP contribution in [0, 0.1) is 6.92 Å². The Labute approximate surface area is 84.5 Å². The first-order valence-electron chi connectivity index (χ1n) is 4.67. The summed E-state index contributed by atoms with van der Waals surface area (Å²) in [6.07, 6.45) is 0. The quantitative estimate of drug-likeness (QED) is 0.685. The van der Waals surface area contributed by atoms with Crippen LogP contribution in [0.2, 0.25) is 0 Å². The lowest BCUT2D eigenvalue weighted by Gasteiger charge is -2.07. The highest BCUT2D eigenvalue weighted by molar-refractivity contribution is 5.38. The van der Waals surface area contributed by atoms with E-state index in [1.165, 1.54) is 0 Å². The molecule has 4 heteroatoms. The van der Waals surface area contributed by atoms with Gasteiger partial charge in [0.05, 0.1) is 6.61 Å². The van der Waals surface area contributed by atoms with E-state index in [0.717, 1.165) is 23.6 Å². The van der Waals surface area contributed by atoms with Crippen LogP contribution in [0.5, 0.6) is 0 Å². The van der Waals surface area contributed by atoms with Crippen molar-refractivity contribution in [2.24, 2.45) is 5.73 Å². The molecule has 0 fully saturated rings. The van der Waals surface area contributed by atoms with Gasteiger partial charge >= 0.3 is 0 Å². The first-order valence-corrected chi connectivity index (χ1v) is 4.67. The molecule has 1 heterocycles. The van der Waals surface area contributed by atoms with Crippen LogP contribution < -0.4 is 11.1 Å².